The molecule has 0 spiro atoms. The first-order valence-electron chi connectivity index (χ1n) is 6.85. The van der Waals surface area contributed by atoms with Gasteiger partial charge in [-0.25, -0.2) is 0 Å². The number of fused-ring (bicyclic) bond motifs is 1. The minimum atomic E-state index is -0.311. The second kappa shape index (κ2) is 6.89. The van der Waals surface area contributed by atoms with Crippen LogP contribution in [0.5, 0.6) is 11.5 Å². The van der Waals surface area contributed by atoms with E-state index in [2.05, 4.69) is 5.16 Å². The van der Waals surface area contributed by atoms with E-state index < -0.39 is 0 Å². The highest BCUT2D eigenvalue weighted by molar-refractivity contribution is 6.25. The van der Waals surface area contributed by atoms with E-state index >= 15 is 0 Å². The van der Waals surface area contributed by atoms with E-state index in [0.29, 0.717) is 17.9 Å². The standard InChI is InChI=1S/C16H17NO5/c1-4-7-22-17-9-10-8-13(20-2)14-11(18)5-6-12(19)15(14)16(10)21-3/h5-6,8-9H,4,7H2,1-3H3. The molecule has 0 N–H and O–H groups in total. The molecular formula is C16H17NO5. The molecule has 1 aliphatic carbocycles. The molecule has 0 fully saturated rings. The number of hydrogen-bond donors (Lipinski definition) is 0. The molecule has 6 heteroatoms. The number of methoxy groups -OCH3 is 2. The third-order valence-corrected chi connectivity index (χ3v) is 3.14. The number of ether oxygens (including phenoxy) is 2. The van der Waals surface area contributed by atoms with Crippen LogP contribution in [-0.4, -0.2) is 38.6 Å². The van der Waals surface area contributed by atoms with Gasteiger partial charge >= 0.3 is 0 Å². The van der Waals surface area contributed by atoms with Crippen LogP contribution >= 0.6 is 0 Å². The number of rotatable bonds is 6. The van der Waals surface area contributed by atoms with Gasteiger partial charge in [-0.3, -0.25) is 9.59 Å². The molecule has 0 saturated carbocycles. The van der Waals surface area contributed by atoms with Crippen LogP contribution in [0.25, 0.3) is 0 Å². The molecule has 0 heterocycles. The minimum Gasteiger partial charge on any atom is -0.496 e. The Morgan fingerprint density at radius 3 is 2.36 bits per heavy atom. The highest BCUT2D eigenvalue weighted by atomic mass is 16.6. The predicted octanol–water partition coefficient (Wildman–Crippen LogP) is 2.40. The highest BCUT2D eigenvalue weighted by Gasteiger charge is 2.29. The Bertz CT molecular complexity index is 661. The zero-order valence-electron chi connectivity index (χ0n) is 12.7. The molecule has 0 unspecified atom stereocenters. The maximum absolute atomic E-state index is 12.2. The summed E-state index contributed by atoms with van der Waals surface area (Å²) in [5.41, 5.74) is 0.899. The third-order valence-electron chi connectivity index (χ3n) is 3.14. The van der Waals surface area contributed by atoms with Gasteiger partial charge in [0.25, 0.3) is 0 Å². The van der Waals surface area contributed by atoms with E-state index in [0.717, 1.165) is 6.42 Å². The van der Waals surface area contributed by atoms with E-state index in [1.165, 1.54) is 32.6 Å². The first kappa shape index (κ1) is 15.8. The number of allylic oxidation sites excluding steroid dienone is 2. The van der Waals surface area contributed by atoms with Crippen molar-refractivity contribution >= 4 is 17.8 Å². The van der Waals surface area contributed by atoms with Crippen molar-refractivity contribution in [2.24, 2.45) is 5.16 Å². The van der Waals surface area contributed by atoms with Crippen molar-refractivity contribution in [2.75, 3.05) is 20.8 Å². The molecule has 1 aromatic carbocycles. The molecule has 0 saturated heterocycles. The van der Waals surface area contributed by atoms with E-state index in [9.17, 15) is 9.59 Å². The predicted molar refractivity (Wildman–Crippen MR) is 81.2 cm³/mol. The summed E-state index contributed by atoms with van der Waals surface area (Å²) in [6.45, 7) is 2.45. The average Bonchev–Trinajstić information content (AvgIpc) is 2.53. The zero-order valence-corrected chi connectivity index (χ0v) is 12.7. The molecule has 0 aliphatic heterocycles. The zero-order chi connectivity index (χ0) is 16.1. The fraction of sp³-hybridized carbons (Fsp3) is 0.312. The van der Waals surface area contributed by atoms with Crippen LogP contribution in [0.3, 0.4) is 0 Å². The number of ketones is 2. The number of carbonyl (C=O) groups is 2. The lowest BCUT2D eigenvalue weighted by molar-refractivity contribution is 0.0989. The number of oxime groups is 1. The lowest BCUT2D eigenvalue weighted by atomic mass is 9.91. The van der Waals surface area contributed by atoms with Crippen LogP contribution in [0.4, 0.5) is 0 Å². The molecule has 0 amide bonds. The molecule has 1 aromatic rings. The Balaban J connectivity index is 2.58. The Kier molecular flexibility index (Phi) is 4.93. The van der Waals surface area contributed by atoms with E-state index in [1.54, 1.807) is 6.07 Å². The van der Waals surface area contributed by atoms with Crippen molar-refractivity contribution < 1.29 is 23.9 Å². The van der Waals surface area contributed by atoms with Crippen molar-refractivity contribution in [3.05, 3.63) is 34.9 Å². The summed E-state index contributed by atoms with van der Waals surface area (Å²) in [5, 5.41) is 3.83. The van der Waals surface area contributed by atoms with Crippen LogP contribution in [0.15, 0.2) is 23.4 Å². The maximum atomic E-state index is 12.2. The molecular weight excluding hydrogens is 286 g/mol. The van der Waals surface area contributed by atoms with Gasteiger partial charge in [-0.1, -0.05) is 12.1 Å². The lowest BCUT2D eigenvalue weighted by Gasteiger charge is -2.18. The van der Waals surface area contributed by atoms with Gasteiger partial charge < -0.3 is 14.3 Å². The largest absolute Gasteiger partial charge is 0.496 e. The summed E-state index contributed by atoms with van der Waals surface area (Å²) in [4.78, 5) is 29.3. The van der Waals surface area contributed by atoms with Gasteiger partial charge in [0.2, 0.25) is 0 Å². The van der Waals surface area contributed by atoms with Crippen molar-refractivity contribution in [1.82, 2.24) is 0 Å². The fourth-order valence-electron chi connectivity index (χ4n) is 2.17. The monoisotopic (exact) mass is 303 g/mol. The van der Waals surface area contributed by atoms with Gasteiger partial charge in [-0.2, -0.15) is 0 Å². The molecule has 0 aromatic heterocycles. The first-order valence-corrected chi connectivity index (χ1v) is 6.85. The molecule has 2 rings (SSSR count). The van der Waals surface area contributed by atoms with Crippen LogP contribution in [0.1, 0.15) is 39.6 Å². The average molecular weight is 303 g/mol. The fourth-order valence-corrected chi connectivity index (χ4v) is 2.17. The quantitative estimate of drug-likeness (QED) is 0.458. The summed E-state index contributed by atoms with van der Waals surface area (Å²) in [7, 11) is 2.87. The maximum Gasteiger partial charge on any atom is 0.190 e. The number of carbonyl (C=O) groups excluding carboxylic acids is 2. The Morgan fingerprint density at radius 2 is 1.77 bits per heavy atom. The molecule has 0 radical (unpaired) electrons. The first-order chi connectivity index (χ1) is 10.6. The molecule has 6 nitrogen and oxygen atoms in total. The van der Waals surface area contributed by atoms with Crippen LogP contribution in [0, 0.1) is 0 Å². The summed E-state index contributed by atoms with van der Waals surface area (Å²) in [6, 6.07) is 1.60. The van der Waals surface area contributed by atoms with Crippen molar-refractivity contribution in [1.29, 1.82) is 0 Å². The molecule has 1 aliphatic rings. The number of nitrogens with zero attached hydrogens (tertiary/aromatic N) is 1. The van der Waals surface area contributed by atoms with Gasteiger partial charge in [0.05, 0.1) is 31.6 Å². The van der Waals surface area contributed by atoms with Crippen molar-refractivity contribution in [3.8, 4) is 11.5 Å². The van der Waals surface area contributed by atoms with E-state index in [1.807, 2.05) is 6.92 Å². The Hall–Kier alpha value is -2.63. The van der Waals surface area contributed by atoms with E-state index in [-0.39, 0.29) is 28.4 Å². The van der Waals surface area contributed by atoms with Crippen LogP contribution < -0.4 is 9.47 Å². The Labute approximate surface area is 128 Å². The van der Waals surface area contributed by atoms with Crippen molar-refractivity contribution in [2.45, 2.75) is 13.3 Å². The normalized spacial score (nSPS) is 13.4. The molecule has 0 atom stereocenters. The lowest BCUT2D eigenvalue weighted by Crippen LogP contribution is -2.16. The highest BCUT2D eigenvalue weighted by Crippen LogP contribution is 2.36. The van der Waals surface area contributed by atoms with Crippen LogP contribution in [0.2, 0.25) is 0 Å². The second-order valence-electron chi connectivity index (χ2n) is 4.58. The summed E-state index contributed by atoms with van der Waals surface area (Å²) >= 11 is 0. The smallest absolute Gasteiger partial charge is 0.190 e. The summed E-state index contributed by atoms with van der Waals surface area (Å²) in [5.74, 6) is -0.0252. The Morgan fingerprint density at radius 1 is 1.09 bits per heavy atom. The van der Waals surface area contributed by atoms with Crippen LogP contribution in [-0.2, 0) is 4.84 Å². The summed E-state index contributed by atoms with van der Waals surface area (Å²) < 4.78 is 10.5. The van der Waals surface area contributed by atoms with E-state index in [4.69, 9.17) is 14.3 Å². The molecule has 0 bridgehead atoms. The molecule has 22 heavy (non-hydrogen) atoms. The van der Waals surface area contributed by atoms with Gasteiger partial charge in [0.1, 0.15) is 18.1 Å². The van der Waals surface area contributed by atoms with Crippen molar-refractivity contribution in [3.63, 3.8) is 0 Å². The van der Waals surface area contributed by atoms with Gasteiger partial charge in [-0.15, -0.1) is 0 Å². The third kappa shape index (κ3) is 2.86. The van der Waals surface area contributed by atoms with Gasteiger partial charge in [0.15, 0.2) is 11.6 Å². The molecule has 116 valence electrons. The van der Waals surface area contributed by atoms with Gasteiger partial charge in [0, 0.05) is 5.56 Å². The number of benzene rings is 1. The van der Waals surface area contributed by atoms with Gasteiger partial charge in [-0.05, 0) is 24.6 Å². The SMILES string of the molecule is CCCON=Cc1cc(OC)c2c(c1OC)C(=O)C=CC2=O. The number of hydrogen-bond acceptors (Lipinski definition) is 6. The second-order valence-corrected chi connectivity index (χ2v) is 4.58. The topological polar surface area (TPSA) is 74.2 Å². The summed E-state index contributed by atoms with van der Waals surface area (Å²) in [6.07, 6.45) is 4.72. The minimum absolute atomic E-state index is 0.186.